The zero-order valence-corrected chi connectivity index (χ0v) is 12.6. The van der Waals surface area contributed by atoms with Gasteiger partial charge in [0.25, 0.3) is 0 Å². The van der Waals surface area contributed by atoms with Crippen LogP contribution in [-0.2, 0) is 6.42 Å². The number of halogens is 3. The minimum Gasteiger partial charge on any atom is -0.506 e. The molecule has 0 aromatic heterocycles. The van der Waals surface area contributed by atoms with E-state index in [9.17, 15) is 5.11 Å². The van der Waals surface area contributed by atoms with Gasteiger partial charge >= 0.3 is 0 Å². The summed E-state index contributed by atoms with van der Waals surface area (Å²) in [6, 6.07) is 3.39. The highest BCUT2D eigenvalue weighted by molar-refractivity contribution is 9.28. The predicted molar refractivity (Wildman–Crippen MR) is 73.9 cm³/mol. The largest absolute Gasteiger partial charge is 0.506 e. The molecule has 0 aliphatic rings. The van der Waals surface area contributed by atoms with Gasteiger partial charge in [0.1, 0.15) is 18.1 Å². The van der Waals surface area contributed by atoms with Crippen LogP contribution in [0, 0.1) is 0 Å². The number of benzene rings is 1. The maximum atomic E-state index is 9.62. The Labute approximate surface area is 117 Å². The van der Waals surface area contributed by atoms with Crippen LogP contribution in [0.3, 0.4) is 0 Å². The first kappa shape index (κ1) is 13.9. The van der Waals surface area contributed by atoms with Crippen LogP contribution in [-0.4, -0.2) is 11.7 Å². The lowest BCUT2D eigenvalue weighted by molar-refractivity contribution is 0.361. The van der Waals surface area contributed by atoms with Crippen molar-refractivity contribution in [3.05, 3.63) is 32.2 Å². The zero-order valence-electron chi connectivity index (χ0n) is 8.64. The quantitative estimate of drug-likeness (QED) is 0.838. The summed E-state index contributed by atoms with van der Waals surface area (Å²) in [5.41, 5.74) is 0.782. The average Bonchev–Trinajstić information content (AvgIpc) is 2.22. The van der Waals surface area contributed by atoms with Gasteiger partial charge in [-0.1, -0.05) is 18.5 Å². The summed E-state index contributed by atoms with van der Waals surface area (Å²) in [4.78, 5) is 0. The Morgan fingerprint density at radius 1 is 1.50 bits per heavy atom. The number of hydrogen-bond acceptors (Lipinski definition) is 2. The molecule has 0 aliphatic carbocycles. The lowest BCUT2D eigenvalue weighted by Gasteiger charge is -2.08. The van der Waals surface area contributed by atoms with Crippen molar-refractivity contribution in [1.82, 2.24) is 0 Å². The van der Waals surface area contributed by atoms with Crippen LogP contribution in [0.15, 0.2) is 21.6 Å². The molecule has 16 heavy (non-hydrogen) atoms. The van der Waals surface area contributed by atoms with Crippen LogP contribution in [0.5, 0.6) is 11.5 Å². The first-order valence-corrected chi connectivity index (χ1v) is 6.66. The highest BCUT2D eigenvalue weighted by atomic mass is 79.9. The van der Waals surface area contributed by atoms with Crippen LogP contribution in [0.2, 0.25) is 5.02 Å². The van der Waals surface area contributed by atoms with E-state index in [2.05, 4.69) is 31.9 Å². The van der Waals surface area contributed by atoms with E-state index in [0.717, 1.165) is 8.96 Å². The second kappa shape index (κ2) is 6.52. The van der Waals surface area contributed by atoms with Gasteiger partial charge in [-0.15, -0.1) is 0 Å². The Balaban J connectivity index is 2.82. The van der Waals surface area contributed by atoms with E-state index in [1.807, 2.05) is 13.0 Å². The van der Waals surface area contributed by atoms with Crippen molar-refractivity contribution in [3.63, 3.8) is 0 Å². The summed E-state index contributed by atoms with van der Waals surface area (Å²) < 4.78 is 6.30. The van der Waals surface area contributed by atoms with E-state index in [1.54, 1.807) is 12.1 Å². The molecule has 0 aliphatic heterocycles. The molecule has 0 saturated carbocycles. The van der Waals surface area contributed by atoms with Gasteiger partial charge in [0, 0.05) is 6.07 Å². The van der Waals surface area contributed by atoms with Gasteiger partial charge in [-0.3, -0.25) is 0 Å². The van der Waals surface area contributed by atoms with E-state index in [0.29, 0.717) is 23.8 Å². The normalized spacial score (nSPS) is 10.0. The Hall–Kier alpha value is -0.190. The van der Waals surface area contributed by atoms with Crippen molar-refractivity contribution in [2.75, 3.05) is 6.61 Å². The molecule has 1 aromatic carbocycles. The van der Waals surface area contributed by atoms with Crippen molar-refractivity contribution < 1.29 is 9.84 Å². The summed E-state index contributed by atoms with van der Waals surface area (Å²) in [7, 11) is 0. The lowest BCUT2D eigenvalue weighted by Crippen LogP contribution is -1.95. The molecule has 2 nitrogen and oxygen atoms in total. The van der Waals surface area contributed by atoms with E-state index in [4.69, 9.17) is 16.3 Å². The Kier molecular flexibility index (Phi) is 5.66. The summed E-state index contributed by atoms with van der Waals surface area (Å²) in [6.45, 7) is 2.38. The molecule has 0 bridgehead atoms. The molecular formula is C11H11Br2ClO2. The van der Waals surface area contributed by atoms with Gasteiger partial charge in [-0.25, -0.2) is 0 Å². The van der Waals surface area contributed by atoms with E-state index < -0.39 is 0 Å². The molecule has 1 N–H and O–H groups in total. The molecule has 88 valence electrons. The number of phenolic OH excluding ortho intramolecular Hbond substituents is 1. The smallest absolute Gasteiger partial charge is 0.137 e. The van der Waals surface area contributed by atoms with Crippen LogP contribution in [0.25, 0.3) is 0 Å². The van der Waals surface area contributed by atoms with Crippen molar-refractivity contribution in [2.24, 2.45) is 0 Å². The molecule has 0 saturated heterocycles. The van der Waals surface area contributed by atoms with Crippen molar-refractivity contribution in [3.8, 4) is 11.5 Å². The van der Waals surface area contributed by atoms with Crippen LogP contribution in [0.1, 0.15) is 12.5 Å². The third-order valence-corrected chi connectivity index (χ3v) is 2.92. The van der Waals surface area contributed by atoms with Crippen LogP contribution in [0.4, 0.5) is 0 Å². The summed E-state index contributed by atoms with van der Waals surface area (Å²) in [6.07, 6.45) is 2.53. The first-order chi connectivity index (χ1) is 7.54. The van der Waals surface area contributed by atoms with Gasteiger partial charge in [-0.2, -0.15) is 0 Å². The van der Waals surface area contributed by atoms with Gasteiger partial charge in [-0.05, 0) is 56.0 Å². The number of phenols is 1. The SMILES string of the molecule is CCc1cc(OCC=C(Br)Br)cc(Cl)c1O. The van der Waals surface area contributed by atoms with E-state index in [-0.39, 0.29) is 5.75 Å². The van der Waals surface area contributed by atoms with Crippen molar-refractivity contribution in [2.45, 2.75) is 13.3 Å². The molecule has 5 heteroatoms. The number of aryl methyl sites for hydroxylation is 1. The molecule has 0 radical (unpaired) electrons. The first-order valence-electron chi connectivity index (χ1n) is 4.70. The molecule has 0 amide bonds. The lowest BCUT2D eigenvalue weighted by atomic mass is 10.1. The summed E-state index contributed by atoms with van der Waals surface area (Å²) in [5.74, 6) is 0.783. The van der Waals surface area contributed by atoms with Gasteiger partial charge in [0.15, 0.2) is 0 Å². The minimum atomic E-state index is 0.133. The predicted octanol–water partition coefficient (Wildman–Crippen LogP) is 4.62. The molecule has 0 fully saturated rings. The number of rotatable bonds is 4. The molecular weight excluding hydrogens is 359 g/mol. The van der Waals surface area contributed by atoms with Crippen molar-refractivity contribution >= 4 is 43.5 Å². The fourth-order valence-corrected chi connectivity index (χ4v) is 1.68. The van der Waals surface area contributed by atoms with Gasteiger partial charge in [0.2, 0.25) is 0 Å². The Morgan fingerprint density at radius 2 is 2.19 bits per heavy atom. The standard InChI is InChI=1S/C11H11Br2ClO2/c1-2-7-5-8(6-9(14)11(7)15)16-4-3-10(12)13/h3,5-6,15H,2,4H2,1H3. The van der Waals surface area contributed by atoms with Gasteiger partial charge < -0.3 is 9.84 Å². The Morgan fingerprint density at radius 3 is 2.75 bits per heavy atom. The molecule has 0 spiro atoms. The van der Waals surface area contributed by atoms with Crippen LogP contribution >= 0.6 is 43.5 Å². The molecule has 1 aromatic rings. The third kappa shape index (κ3) is 4.00. The molecule has 0 atom stereocenters. The maximum Gasteiger partial charge on any atom is 0.137 e. The number of aromatic hydroxyl groups is 1. The molecule has 1 rings (SSSR count). The molecule has 0 heterocycles. The fourth-order valence-electron chi connectivity index (χ4n) is 1.18. The van der Waals surface area contributed by atoms with E-state index >= 15 is 0 Å². The van der Waals surface area contributed by atoms with E-state index in [1.165, 1.54) is 0 Å². The zero-order chi connectivity index (χ0) is 12.1. The van der Waals surface area contributed by atoms with Crippen molar-refractivity contribution in [1.29, 1.82) is 0 Å². The topological polar surface area (TPSA) is 29.5 Å². The highest BCUT2D eigenvalue weighted by Gasteiger charge is 2.07. The maximum absolute atomic E-state index is 9.62. The minimum absolute atomic E-state index is 0.133. The number of hydrogen-bond donors (Lipinski definition) is 1. The average molecular weight is 370 g/mol. The monoisotopic (exact) mass is 368 g/mol. The summed E-state index contributed by atoms with van der Waals surface area (Å²) in [5, 5.41) is 9.94. The summed E-state index contributed by atoms with van der Waals surface area (Å²) >= 11 is 12.3. The highest BCUT2D eigenvalue weighted by Crippen LogP contribution is 2.32. The molecule has 0 unspecified atom stereocenters. The number of ether oxygens (including phenoxy) is 1. The van der Waals surface area contributed by atoms with Gasteiger partial charge in [0.05, 0.1) is 8.41 Å². The van der Waals surface area contributed by atoms with Crippen LogP contribution < -0.4 is 4.74 Å². The second-order valence-corrected chi connectivity index (χ2v) is 6.25. The fraction of sp³-hybridized carbons (Fsp3) is 0.273. The Bertz CT molecular complexity index is 401. The second-order valence-electron chi connectivity index (χ2n) is 3.07. The third-order valence-electron chi connectivity index (χ3n) is 1.98.